The molecule has 0 radical (unpaired) electrons. The van der Waals surface area contributed by atoms with Gasteiger partial charge in [-0.25, -0.2) is 9.97 Å². The molecular formula is C31H33N5O4. The van der Waals surface area contributed by atoms with Crippen LogP contribution in [-0.4, -0.2) is 47.3 Å². The molecule has 0 saturated heterocycles. The molecule has 0 atom stereocenters. The smallest absolute Gasteiger partial charge is 0.257 e. The number of rotatable bonds is 11. The van der Waals surface area contributed by atoms with Crippen LogP contribution in [-0.2, 0) is 13.0 Å². The SMILES string of the molecule is CCOc1ccc(CCNC(=O)c2c(N)n(Cc3ccccc3OC)c3nc4ccccc4nc23)cc1OCC. The highest BCUT2D eigenvalue weighted by Gasteiger charge is 2.24. The molecular weight excluding hydrogens is 506 g/mol. The minimum atomic E-state index is -0.304. The predicted molar refractivity (Wildman–Crippen MR) is 156 cm³/mol. The fourth-order valence-corrected chi connectivity index (χ4v) is 4.76. The number of carbonyl (C=O) groups excluding carboxylic acids is 1. The van der Waals surface area contributed by atoms with Crippen molar-refractivity contribution >= 4 is 33.9 Å². The lowest BCUT2D eigenvalue weighted by Gasteiger charge is -2.13. The molecule has 40 heavy (non-hydrogen) atoms. The number of benzene rings is 3. The Bertz CT molecular complexity index is 1660. The lowest BCUT2D eigenvalue weighted by Crippen LogP contribution is -2.26. The quantitative estimate of drug-likeness (QED) is 0.243. The summed E-state index contributed by atoms with van der Waals surface area (Å²) in [6, 6.07) is 21.1. The number of nitrogens with zero attached hydrogens (tertiary/aromatic N) is 3. The zero-order chi connectivity index (χ0) is 28.1. The zero-order valence-corrected chi connectivity index (χ0v) is 22.9. The van der Waals surface area contributed by atoms with Crippen molar-refractivity contribution in [2.24, 2.45) is 0 Å². The van der Waals surface area contributed by atoms with Crippen LogP contribution in [0.15, 0.2) is 66.7 Å². The number of para-hydroxylation sites is 3. The summed E-state index contributed by atoms with van der Waals surface area (Å²) in [7, 11) is 1.63. The number of ether oxygens (including phenoxy) is 3. The number of amides is 1. The van der Waals surface area contributed by atoms with Crippen molar-refractivity contribution in [1.82, 2.24) is 19.9 Å². The summed E-state index contributed by atoms with van der Waals surface area (Å²) in [5.41, 5.74) is 11.3. The maximum absolute atomic E-state index is 13.6. The summed E-state index contributed by atoms with van der Waals surface area (Å²) in [6.45, 7) is 5.74. The molecule has 0 spiro atoms. The summed E-state index contributed by atoms with van der Waals surface area (Å²) in [4.78, 5) is 23.2. The van der Waals surface area contributed by atoms with Gasteiger partial charge in [-0.1, -0.05) is 36.4 Å². The van der Waals surface area contributed by atoms with Crippen LogP contribution in [0.4, 0.5) is 5.82 Å². The fourth-order valence-electron chi connectivity index (χ4n) is 4.76. The molecule has 0 aliphatic carbocycles. The molecule has 0 saturated carbocycles. The van der Waals surface area contributed by atoms with Gasteiger partial charge in [-0.15, -0.1) is 0 Å². The van der Waals surface area contributed by atoms with E-state index in [4.69, 9.17) is 29.9 Å². The van der Waals surface area contributed by atoms with Gasteiger partial charge in [-0.05, 0) is 56.2 Å². The number of nitrogens with one attached hydrogen (secondary N) is 1. The molecule has 5 rings (SSSR count). The van der Waals surface area contributed by atoms with E-state index in [0.717, 1.165) is 22.4 Å². The van der Waals surface area contributed by atoms with Gasteiger partial charge in [-0.2, -0.15) is 0 Å². The Morgan fingerprint density at radius 2 is 1.60 bits per heavy atom. The van der Waals surface area contributed by atoms with Crippen molar-refractivity contribution < 1.29 is 19.0 Å². The van der Waals surface area contributed by atoms with Gasteiger partial charge in [0.1, 0.15) is 22.6 Å². The Labute approximate surface area is 232 Å². The Balaban J connectivity index is 1.45. The zero-order valence-electron chi connectivity index (χ0n) is 22.9. The van der Waals surface area contributed by atoms with Crippen LogP contribution in [0, 0.1) is 0 Å². The van der Waals surface area contributed by atoms with Crippen LogP contribution in [0.25, 0.3) is 22.2 Å². The maximum atomic E-state index is 13.6. The van der Waals surface area contributed by atoms with Crippen LogP contribution in [0.3, 0.4) is 0 Å². The second-order valence-electron chi connectivity index (χ2n) is 9.20. The summed E-state index contributed by atoms with van der Waals surface area (Å²) >= 11 is 0. The number of anilines is 1. The number of aromatic nitrogens is 3. The topological polar surface area (TPSA) is 114 Å². The summed E-state index contributed by atoms with van der Waals surface area (Å²) in [5.74, 6) is 2.12. The third-order valence-corrected chi connectivity index (χ3v) is 6.65. The number of carbonyl (C=O) groups is 1. The summed E-state index contributed by atoms with van der Waals surface area (Å²) < 4.78 is 18.8. The highest BCUT2D eigenvalue weighted by atomic mass is 16.5. The number of hydrogen-bond donors (Lipinski definition) is 2. The summed E-state index contributed by atoms with van der Waals surface area (Å²) in [5, 5.41) is 3.02. The predicted octanol–water partition coefficient (Wildman–Crippen LogP) is 4.99. The molecule has 0 unspecified atom stereocenters. The first-order valence-corrected chi connectivity index (χ1v) is 13.4. The average Bonchev–Trinajstić information content (AvgIpc) is 3.23. The van der Waals surface area contributed by atoms with Gasteiger partial charge >= 0.3 is 0 Å². The molecule has 9 heteroatoms. The maximum Gasteiger partial charge on any atom is 0.257 e. The molecule has 1 amide bonds. The van der Waals surface area contributed by atoms with E-state index in [2.05, 4.69) is 5.32 Å². The van der Waals surface area contributed by atoms with E-state index in [9.17, 15) is 4.79 Å². The molecule has 2 aromatic heterocycles. The van der Waals surface area contributed by atoms with E-state index in [1.165, 1.54) is 0 Å². The summed E-state index contributed by atoms with van der Waals surface area (Å²) in [6.07, 6.45) is 0.604. The standard InChI is InChI=1S/C31H33N5O4/c1-4-39-25-15-14-20(18-26(25)40-5-2)16-17-33-31(37)27-28-30(35-23-12-8-7-11-22(23)34-28)36(29(27)32)19-21-10-6-9-13-24(21)38-3/h6-15,18H,4-5,16-17,19,32H2,1-3H3,(H,33,37). The Morgan fingerprint density at radius 1 is 0.900 bits per heavy atom. The van der Waals surface area contributed by atoms with Crippen LogP contribution in [0.2, 0.25) is 0 Å². The van der Waals surface area contributed by atoms with Gasteiger partial charge in [-0.3, -0.25) is 4.79 Å². The van der Waals surface area contributed by atoms with E-state index in [0.29, 0.717) is 72.3 Å². The number of methoxy groups -OCH3 is 1. The van der Waals surface area contributed by atoms with E-state index in [1.807, 2.05) is 85.1 Å². The van der Waals surface area contributed by atoms with E-state index in [-0.39, 0.29) is 5.91 Å². The number of fused-ring (bicyclic) bond motifs is 2. The van der Waals surface area contributed by atoms with Gasteiger partial charge < -0.3 is 29.8 Å². The van der Waals surface area contributed by atoms with Crippen molar-refractivity contribution in [2.75, 3.05) is 32.6 Å². The van der Waals surface area contributed by atoms with Crippen LogP contribution in [0.5, 0.6) is 17.2 Å². The van der Waals surface area contributed by atoms with Gasteiger partial charge in [0.15, 0.2) is 17.1 Å². The number of nitrogen functional groups attached to an aromatic ring is 1. The molecule has 0 aliphatic rings. The highest BCUT2D eigenvalue weighted by molar-refractivity contribution is 6.10. The molecule has 0 aliphatic heterocycles. The van der Waals surface area contributed by atoms with Crippen molar-refractivity contribution in [3.05, 3.63) is 83.4 Å². The first kappa shape index (κ1) is 26.8. The van der Waals surface area contributed by atoms with Crippen LogP contribution < -0.4 is 25.3 Å². The normalized spacial score (nSPS) is 11.1. The Hall–Kier alpha value is -4.79. The van der Waals surface area contributed by atoms with Gasteiger partial charge in [0.05, 0.1) is 37.9 Å². The molecule has 2 heterocycles. The van der Waals surface area contributed by atoms with Gasteiger partial charge in [0, 0.05) is 12.1 Å². The first-order valence-electron chi connectivity index (χ1n) is 13.4. The highest BCUT2D eigenvalue weighted by Crippen LogP contribution is 2.31. The minimum absolute atomic E-state index is 0.299. The monoisotopic (exact) mass is 539 g/mol. The molecule has 9 nitrogen and oxygen atoms in total. The van der Waals surface area contributed by atoms with Gasteiger partial charge in [0.2, 0.25) is 0 Å². The second kappa shape index (κ2) is 11.9. The lowest BCUT2D eigenvalue weighted by molar-refractivity contribution is 0.0956. The van der Waals surface area contributed by atoms with Crippen LogP contribution >= 0.6 is 0 Å². The van der Waals surface area contributed by atoms with E-state index < -0.39 is 0 Å². The van der Waals surface area contributed by atoms with Crippen molar-refractivity contribution in [1.29, 1.82) is 0 Å². The van der Waals surface area contributed by atoms with Crippen LogP contribution in [0.1, 0.15) is 35.3 Å². The largest absolute Gasteiger partial charge is 0.496 e. The van der Waals surface area contributed by atoms with Gasteiger partial charge in [0.25, 0.3) is 5.91 Å². The Kier molecular flexibility index (Phi) is 8.00. The lowest BCUT2D eigenvalue weighted by atomic mass is 10.1. The van der Waals surface area contributed by atoms with E-state index in [1.54, 1.807) is 7.11 Å². The first-order chi connectivity index (χ1) is 19.5. The molecule has 5 aromatic rings. The fraction of sp³-hybridized carbons (Fsp3) is 0.258. The van der Waals surface area contributed by atoms with Crippen molar-refractivity contribution in [3.63, 3.8) is 0 Å². The average molecular weight is 540 g/mol. The number of hydrogen-bond acceptors (Lipinski definition) is 7. The van der Waals surface area contributed by atoms with Crippen molar-refractivity contribution in [3.8, 4) is 17.2 Å². The van der Waals surface area contributed by atoms with E-state index >= 15 is 0 Å². The van der Waals surface area contributed by atoms with Crippen molar-refractivity contribution in [2.45, 2.75) is 26.8 Å². The minimum Gasteiger partial charge on any atom is -0.496 e. The molecule has 3 aromatic carbocycles. The third-order valence-electron chi connectivity index (χ3n) is 6.65. The Morgan fingerprint density at radius 3 is 2.35 bits per heavy atom. The second-order valence-corrected chi connectivity index (χ2v) is 9.20. The number of nitrogens with two attached hydrogens (primary N) is 1. The molecule has 0 bridgehead atoms. The molecule has 0 fully saturated rings. The third kappa shape index (κ3) is 5.36. The molecule has 206 valence electrons. The molecule has 3 N–H and O–H groups in total.